The minimum absolute atomic E-state index is 0.0315. The molecule has 12 heteroatoms. The van der Waals surface area contributed by atoms with Crippen molar-refractivity contribution in [1.82, 2.24) is 24.9 Å². The first kappa shape index (κ1) is 23.1. The van der Waals surface area contributed by atoms with E-state index in [1.807, 2.05) is 0 Å². The van der Waals surface area contributed by atoms with Crippen LogP contribution >= 0.6 is 0 Å². The number of aliphatic hydroxyl groups is 1. The monoisotopic (exact) mass is 503 g/mol. The summed E-state index contributed by atoms with van der Waals surface area (Å²) in [5.74, 6) is -0.919. The van der Waals surface area contributed by atoms with Crippen molar-refractivity contribution in [3.63, 3.8) is 0 Å². The van der Waals surface area contributed by atoms with E-state index in [1.54, 1.807) is 40.0 Å². The Morgan fingerprint density at radius 3 is 2.68 bits per heavy atom. The predicted molar refractivity (Wildman–Crippen MR) is 125 cm³/mol. The van der Waals surface area contributed by atoms with E-state index in [4.69, 9.17) is 9.84 Å². The largest absolute Gasteiger partial charge is 0.442 e. The van der Waals surface area contributed by atoms with Crippen LogP contribution in [0.15, 0.2) is 48.9 Å². The molecule has 2 aliphatic heterocycles. The van der Waals surface area contributed by atoms with Gasteiger partial charge in [0.25, 0.3) is 0 Å². The fourth-order valence-corrected chi connectivity index (χ4v) is 5.61. The molecule has 2 aromatic heterocycles. The van der Waals surface area contributed by atoms with Gasteiger partial charge in [-0.3, -0.25) is 14.7 Å². The standard InChI is InChI=1S/C25H22FN7O4/c26-21-7-16(33-10-17(37-24(33)36)9-32-6-5-29-30-32)2-3-18(21)15-1-4-22(28-8-15)25(14-27)19-11-31(12-20(19)25)23(35)13-34/h1-8,17,19-20,34H,9-13H2/t17-,19-,20+,25?/m0/s1. The van der Waals surface area contributed by atoms with E-state index >= 15 is 4.39 Å². The highest BCUT2D eigenvalue weighted by atomic mass is 19.1. The molecular weight excluding hydrogens is 481 g/mol. The Morgan fingerprint density at radius 2 is 2.05 bits per heavy atom. The molecule has 3 aromatic rings. The molecule has 4 heterocycles. The molecule has 0 radical (unpaired) electrons. The molecule has 1 N–H and O–H groups in total. The van der Waals surface area contributed by atoms with E-state index in [2.05, 4.69) is 21.4 Å². The number of amides is 2. The first-order valence-corrected chi connectivity index (χ1v) is 11.8. The molecule has 6 rings (SSSR count). The highest BCUT2D eigenvalue weighted by molar-refractivity contribution is 5.90. The van der Waals surface area contributed by atoms with Crippen molar-refractivity contribution in [3.05, 3.63) is 60.4 Å². The van der Waals surface area contributed by atoms with E-state index < -0.39 is 30.0 Å². The number of piperidine rings is 1. The smallest absolute Gasteiger partial charge is 0.414 e. The van der Waals surface area contributed by atoms with Gasteiger partial charge in [-0.15, -0.1) is 5.10 Å². The Hall–Kier alpha value is -4.37. The number of rotatable bonds is 6. The zero-order valence-electron chi connectivity index (χ0n) is 19.6. The molecule has 0 bridgehead atoms. The summed E-state index contributed by atoms with van der Waals surface area (Å²) in [6.07, 6.45) is 3.76. The summed E-state index contributed by atoms with van der Waals surface area (Å²) < 4.78 is 22.1. The first-order valence-electron chi connectivity index (χ1n) is 11.8. The minimum Gasteiger partial charge on any atom is -0.442 e. The number of pyridine rings is 1. The summed E-state index contributed by atoms with van der Waals surface area (Å²) in [6.45, 7) is 0.889. The van der Waals surface area contributed by atoms with Gasteiger partial charge in [0.2, 0.25) is 5.91 Å². The number of cyclic esters (lactones) is 1. The third-order valence-corrected chi connectivity index (χ3v) is 7.55. The van der Waals surface area contributed by atoms with Crippen LogP contribution in [0.2, 0.25) is 0 Å². The highest BCUT2D eigenvalue weighted by Crippen LogP contribution is 2.62. The SMILES string of the molecule is N#CC1(c2ccc(-c3ccc(N4C[C@H](Cn5ccnn5)OC4=O)cc3F)cn2)[C@@H]2CN(C(=O)CO)C[C@@H]21. The molecule has 37 heavy (non-hydrogen) atoms. The molecule has 0 spiro atoms. The van der Waals surface area contributed by atoms with E-state index in [1.165, 1.54) is 23.4 Å². The van der Waals surface area contributed by atoms with Crippen LogP contribution in [0.4, 0.5) is 14.9 Å². The van der Waals surface area contributed by atoms with Crippen molar-refractivity contribution >= 4 is 17.7 Å². The molecule has 4 atom stereocenters. The van der Waals surface area contributed by atoms with Crippen LogP contribution in [0.5, 0.6) is 0 Å². The lowest BCUT2D eigenvalue weighted by atomic mass is 9.95. The number of halogens is 1. The van der Waals surface area contributed by atoms with Gasteiger partial charge in [-0.1, -0.05) is 11.3 Å². The average Bonchev–Trinajstić information content (AvgIpc) is 3.41. The molecule has 1 aliphatic carbocycles. The van der Waals surface area contributed by atoms with Gasteiger partial charge in [0.15, 0.2) is 0 Å². The number of aliphatic hydroxyl groups excluding tert-OH is 1. The van der Waals surface area contributed by atoms with Crippen molar-refractivity contribution in [2.24, 2.45) is 11.8 Å². The maximum absolute atomic E-state index is 15.1. The summed E-state index contributed by atoms with van der Waals surface area (Å²) in [7, 11) is 0. The number of hydrogen-bond acceptors (Lipinski definition) is 8. The summed E-state index contributed by atoms with van der Waals surface area (Å²) >= 11 is 0. The predicted octanol–water partition coefficient (Wildman–Crippen LogP) is 1.35. The molecule has 11 nitrogen and oxygen atoms in total. The van der Waals surface area contributed by atoms with Gasteiger partial charge in [-0.2, -0.15) is 5.26 Å². The van der Waals surface area contributed by atoms with Crippen LogP contribution in [0, 0.1) is 29.0 Å². The second-order valence-electron chi connectivity index (χ2n) is 9.49. The van der Waals surface area contributed by atoms with Crippen LogP contribution in [0.25, 0.3) is 11.1 Å². The zero-order valence-corrected chi connectivity index (χ0v) is 19.6. The molecule has 1 saturated carbocycles. The fraction of sp³-hybridized carbons (Fsp3) is 0.360. The number of likely N-dealkylation sites (tertiary alicyclic amines) is 1. The van der Waals surface area contributed by atoms with E-state index in [0.29, 0.717) is 42.1 Å². The maximum Gasteiger partial charge on any atom is 0.414 e. The Kier molecular flexibility index (Phi) is 5.38. The Bertz CT molecular complexity index is 1390. The average molecular weight is 503 g/mol. The van der Waals surface area contributed by atoms with E-state index in [9.17, 15) is 14.9 Å². The molecule has 2 amide bonds. The normalized spacial score (nSPS) is 26.1. The van der Waals surface area contributed by atoms with Crippen LogP contribution in [-0.2, 0) is 21.5 Å². The van der Waals surface area contributed by atoms with Crippen molar-refractivity contribution in [2.45, 2.75) is 18.1 Å². The zero-order chi connectivity index (χ0) is 25.7. The van der Waals surface area contributed by atoms with Crippen molar-refractivity contribution in [3.8, 4) is 17.2 Å². The van der Waals surface area contributed by atoms with Gasteiger partial charge in [0, 0.05) is 48.4 Å². The number of carbonyl (C=O) groups excluding carboxylic acids is 2. The topological polar surface area (TPSA) is 137 Å². The van der Waals surface area contributed by atoms with Gasteiger partial charge in [-0.05, 0) is 24.3 Å². The third kappa shape index (κ3) is 3.70. The highest BCUT2D eigenvalue weighted by Gasteiger charge is 2.71. The summed E-state index contributed by atoms with van der Waals surface area (Å²) in [6, 6.07) is 10.4. The lowest BCUT2D eigenvalue weighted by Gasteiger charge is -2.22. The lowest BCUT2D eigenvalue weighted by molar-refractivity contribution is -0.133. The van der Waals surface area contributed by atoms with Crippen molar-refractivity contribution in [2.75, 3.05) is 31.1 Å². The summed E-state index contributed by atoms with van der Waals surface area (Å²) in [5, 5.41) is 26.6. The minimum atomic E-state index is -0.772. The summed E-state index contributed by atoms with van der Waals surface area (Å²) in [4.78, 5) is 31.6. The van der Waals surface area contributed by atoms with Crippen LogP contribution in [0.3, 0.4) is 0 Å². The molecule has 2 saturated heterocycles. The van der Waals surface area contributed by atoms with Crippen LogP contribution < -0.4 is 4.90 Å². The first-order chi connectivity index (χ1) is 17.9. The third-order valence-electron chi connectivity index (χ3n) is 7.55. The number of aromatic nitrogens is 4. The molecule has 1 aromatic carbocycles. The van der Waals surface area contributed by atoms with E-state index in [-0.39, 0.29) is 24.3 Å². The van der Waals surface area contributed by atoms with Crippen molar-refractivity contribution < 1.29 is 23.8 Å². The lowest BCUT2D eigenvalue weighted by Crippen LogP contribution is -2.36. The number of anilines is 1. The molecule has 188 valence electrons. The fourth-order valence-electron chi connectivity index (χ4n) is 5.61. The number of ether oxygens (including phenoxy) is 1. The van der Waals surface area contributed by atoms with Gasteiger partial charge in [0.05, 0.1) is 36.7 Å². The van der Waals surface area contributed by atoms with Gasteiger partial charge in [0.1, 0.15) is 23.9 Å². The Balaban J connectivity index is 1.16. The maximum atomic E-state index is 15.1. The molecule has 3 fully saturated rings. The van der Waals surface area contributed by atoms with Crippen molar-refractivity contribution in [1.29, 1.82) is 5.26 Å². The number of nitriles is 1. The molecule has 3 aliphatic rings. The van der Waals surface area contributed by atoms with Crippen LogP contribution in [0.1, 0.15) is 5.69 Å². The number of fused-ring (bicyclic) bond motifs is 1. The Morgan fingerprint density at radius 1 is 1.24 bits per heavy atom. The number of benzene rings is 1. The second-order valence-corrected chi connectivity index (χ2v) is 9.49. The second kappa shape index (κ2) is 8.63. The van der Waals surface area contributed by atoms with Gasteiger partial charge in [-0.25, -0.2) is 13.9 Å². The van der Waals surface area contributed by atoms with Gasteiger partial charge >= 0.3 is 6.09 Å². The van der Waals surface area contributed by atoms with E-state index in [0.717, 1.165) is 0 Å². The number of nitrogens with zero attached hydrogens (tertiary/aromatic N) is 7. The number of hydrogen-bond donors (Lipinski definition) is 1. The van der Waals surface area contributed by atoms with Gasteiger partial charge < -0.3 is 14.7 Å². The molecule has 1 unspecified atom stereocenters. The molecular formula is C25H22FN7O4. The summed E-state index contributed by atoms with van der Waals surface area (Å²) in [5.41, 5.74) is 1.06. The Labute approximate surface area is 210 Å². The number of carbonyl (C=O) groups is 2. The van der Waals surface area contributed by atoms with Crippen LogP contribution in [-0.4, -0.2) is 74.3 Å². The quantitative estimate of drug-likeness (QED) is 0.532.